The molecule has 15 heteroatoms. The van der Waals surface area contributed by atoms with Gasteiger partial charge in [0.25, 0.3) is 0 Å². The first-order chi connectivity index (χ1) is 74.4. The van der Waals surface area contributed by atoms with Gasteiger partial charge in [0.1, 0.15) is 0 Å². The molecule has 0 amide bonds. The van der Waals surface area contributed by atoms with Crippen LogP contribution in [0.25, 0.3) is 271 Å². The standard InChI is InChI=1S/2C45H29N5.C45H28N4S/c1-3-14-30(15-4-1)43-46-44(31-16-5-2-6-17-31)48-45(47-43)32-18-13-19-33(28-32)49-41-25-12-9-22-37(41)38-29-34(26-27-42(38)49)50-39-23-10-7-20-35(39)36-21-8-11-24-40(36)50;1-3-13-30(14-4-1)43-46-44(31-15-5-2-6-16-31)48-45(47-43)32-23-25-33(26-24-32)49-41-22-12-9-19-37(41)38-29-34(27-28-42(38)49)50-39-20-10-7-17-35(39)36-18-8-11-21-40(36)50;1-3-12-29(13-4-1)43-46-44(30-14-5-2-6-15-30)48-45(47-43)31-22-25-33(26-23-31)49-39-20-9-7-16-35(39)36-27-24-32(28-40(36)49)34-18-11-19-38-37-17-8-10-21-41(37)50-42(34)38/h2*1-29H;1-28H. The van der Waals surface area contributed by atoms with Gasteiger partial charge in [-0.2, -0.15) is 0 Å². The Morgan fingerprint density at radius 1 is 0.127 bits per heavy atom. The van der Waals surface area contributed by atoms with E-state index in [4.69, 9.17) is 44.9 Å². The van der Waals surface area contributed by atoms with Crippen LogP contribution in [0.2, 0.25) is 0 Å². The van der Waals surface area contributed by atoms with Gasteiger partial charge in [-0.3, -0.25) is 0 Å². The molecule has 0 saturated carbocycles. The molecule has 21 aromatic carbocycles. The highest BCUT2D eigenvalue weighted by Gasteiger charge is 2.25. The summed E-state index contributed by atoms with van der Waals surface area (Å²) in [4.78, 5) is 44.4. The van der Waals surface area contributed by atoms with E-state index in [1.54, 1.807) is 0 Å². The van der Waals surface area contributed by atoms with Crippen molar-refractivity contribution in [3.05, 3.63) is 522 Å². The topological polar surface area (TPSA) is 141 Å². The van der Waals surface area contributed by atoms with E-state index in [1.165, 1.54) is 118 Å². The normalized spacial score (nSPS) is 11.6. The van der Waals surface area contributed by atoms with Crippen LogP contribution in [0.4, 0.5) is 0 Å². The Morgan fingerprint density at radius 3 is 0.693 bits per heavy atom. The Hall–Kier alpha value is -20.1. The lowest BCUT2D eigenvalue weighted by atomic mass is 10.0. The maximum Gasteiger partial charge on any atom is 0.164 e. The van der Waals surface area contributed by atoms with Gasteiger partial charge >= 0.3 is 0 Å². The fraction of sp³-hybridized carbons (Fsp3) is 0. The van der Waals surface area contributed by atoms with Crippen LogP contribution >= 0.6 is 11.3 Å². The number of fused-ring (bicyclic) bond motifs is 18. The molecule has 0 N–H and O–H groups in total. The smallest absolute Gasteiger partial charge is 0.164 e. The minimum absolute atomic E-state index is 0.633. The van der Waals surface area contributed by atoms with Gasteiger partial charge < -0.3 is 22.8 Å². The van der Waals surface area contributed by atoms with Crippen LogP contribution in [-0.4, -0.2) is 67.7 Å². The SMILES string of the molecule is c1ccc(-c2nc(-c3ccccc3)nc(-c3ccc(-n4c5ccccc5c5cc(-n6c7ccccc7c7ccccc76)ccc54)cc3)n2)cc1.c1ccc(-c2nc(-c3ccccc3)nc(-c3ccc(-n4c5ccccc5c5ccc(-c6cccc7c6sc6ccccc67)cc54)cc3)n2)cc1.c1ccc(-c2nc(-c3ccccc3)nc(-c3cccc(-n4c5ccccc5c5cc(-n6c7ccccc7c7ccccc76)ccc54)c3)n2)cc1. The number of aromatic nitrogens is 14. The first-order valence-corrected chi connectivity index (χ1v) is 51.1. The zero-order chi connectivity index (χ0) is 99.1. The number of hydrogen-bond donors (Lipinski definition) is 0. The number of hydrogen-bond acceptors (Lipinski definition) is 10. The Balaban J connectivity index is 0.000000108. The molecule has 0 bridgehead atoms. The molecule has 30 rings (SSSR count). The van der Waals surface area contributed by atoms with Crippen LogP contribution in [0.5, 0.6) is 0 Å². The average molecular weight is 1940 g/mol. The summed E-state index contributed by atoms with van der Waals surface area (Å²) in [5, 5.41) is 14.9. The molecular weight excluding hydrogens is 1850 g/mol. The van der Waals surface area contributed by atoms with Gasteiger partial charge in [0.05, 0.1) is 55.2 Å². The molecule has 9 heterocycles. The fourth-order valence-corrected chi connectivity index (χ4v) is 22.9. The lowest BCUT2D eigenvalue weighted by molar-refractivity contribution is 1.07. The predicted octanol–water partition coefficient (Wildman–Crippen LogP) is 34.1. The van der Waals surface area contributed by atoms with E-state index in [-0.39, 0.29) is 0 Å². The average Bonchev–Trinajstić information content (AvgIpc) is 1.57. The van der Waals surface area contributed by atoms with Crippen molar-refractivity contribution in [1.29, 1.82) is 0 Å². The summed E-state index contributed by atoms with van der Waals surface area (Å²) in [6.07, 6.45) is 0. The minimum Gasteiger partial charge on any atom is -0.309 e. The lowest BCUT2D eigenvalue weighted by Crippen LogP contribution is -2.01. The molecule has 0 aliphatic heterocycles. The molecule has 14 nitrogen and oxygen atoms in total. The van der Waals surface area contributed by atoms with Crippen LogP contribution in [0, 0.1) is 0 Å². The lowest BCUT2D eigenvalue weighted by Gasteiger charge is -2.12. The molecule has 150 heavy (non-hydrogen) atoms. The highest BCUT2D eigenvalue weighted by Crippen LogP contribution is 2.46. The van der Waals surface area contributed by atoms with Crippen molar-refractivity contribution >= 4 is 141 Å². The van der Waals surface area contributed by atoms with Crippen LogP contribution in [-0.2, 0) is 0 Å². The van der Waals surface area contributed by atoms with Crippen LogP contribution in [0.1, 0.15) is 0 Å². The van der Waals surface area contributed by atoms with Gasteiger partial charge in [0.2, 0.25) is 0 Å². The fourth-order valence-electron chi connectivity index (χ4n) is 21.7. The number of thiophene rings is 1. The second kappa shape index (κ2) is 37.2. The molecule has 9 aromatic heterocycles. The molecule has 0 unspecified atom stereocenters. The highest BCUT2D eigenvalue weighted by molar-refractivity contribution is 7.26. The molecule has 0 atom stereocenters. The Bertz CT molecular complexity index is 10200. The van der Waals surface area contributed by atoms with Gasteiger partial charge in [-0.25, -0.2) is 44.9 Å². The quantitative estimate of drug-likeness (QED) is 0.0981. The second-order valence-electron chi connectivity index (χ2n) is 37.5. The summed E-state index contributed by atoms with van der Waals surface area (Å²) in [6, 6.07) is 183. The van der Waals surface area contributed by atoms with E-state index in [1.807, 2.05) is 193 Å². The second-order valence-corrected chi connectivity index (χ2v) is 38.5. The summed E-state index contributed by atoms with van der Waals surface area (Å²) in [5.74, 6) is 5.83. The van der Waals surface area contributed by atoms with Gasteiger partial charge in [-0.05, 0) is 163 Å². The van der Waals surface area contributed by atoms with E-state index in [0.717, 1.165) is 101 Å². The number of nitrogens with zero attached hydrogens (tertiary/aromatic N) is 14. The molecular formula is C135H86N14S. The largest absolute Gasteiger partial charge is 0.309 e. The monoisotopic (exact) mass is 1930 g/mol. The third-order valence-electron chi connectivity index (χ3n) is 28.6. The maximum atomic E-state index is 5.00. The molecule has 30 aromatic rings. The van der Waals surface area contributed by atoms with Crippen molar-refractivity contribution in [2.24, 2.45) is 0 Å². The maximum absolute atomic E-state index is 5.00. The summed E-state index contributed by atoms with van der Waals surface area (Å²) >= 11 is 1.87. The van der Waals surface area contributed by atoms with Crippen molar-refractivity contribution in [3.8, 4) is 142 Å². The first kappa shape index (κ1) is 87.6. The summed E-state index contributed by atoms with van der Waals surface area (Å²) in [5.41, 5.74) is 28.2. The summed E-state index contributed by atoms with van der Waals surface area (Å²) < 4.78 is 14.5. The summed E-state index contributed by atoms with van der Waals surface area (Å²) in [6.45, 7) is 0. The third-order valence-corrected chi connectivity index (χ3v) is 29.8. The number of benzene rings is 21. The Kier molecular flexibility index (Phi) is 21.8. The van der Waals surface area contributed by atoms with Crippen LogP contribution in [0.15, 0.2) is 522 Å². The molecule has 0 aliphatic carbocycles. The number of para-hydroxylation sites is 7. The van der Waals surface area contributed by atoms with Gasteiger partial charge in [0.15, 0.2) is 52.4 Å². The van der Waals surface area contributed by atoms with Crippen molar-refractivity contribution in [2.75, 3.05) is 0 Å². The predicted molar refractivity (Wildman–Crippen MR) is 618 cm³/mol. The van der Waals surface area contributed by atoms with Gasteiger partial charge in [0, 0.05) is 153 Å². The van der Waals surface area contributed by atoms with Crippen molar-refractivity contribution < 1.29 is 0 Å². The van der Waals surface area contributed by atoms with Crippen LogP contribution in [0.3, 0.4) is 0 Å². The van der Waals surface area contributed by atoms with Crippen molar-refractivity contribution in [1.82, 2.24) is 67.7 Å². The molecule has 702 valence electrons. The van der Waals surface area contributed by atoms with Gasteiger partial charge in [-0.15, -0.1) is 11.3 Å². The zero-order valence-electron chi connectivity index (χ0n) is 80.8. The van der Waals surface area contributed by atoms with Gasteiger partial charge in [-0.1, -0.05) is 370 Å². The molecule has 0 saturated heterocycles. The highest BCUT2D eigenvalue weighted by atomic mass is 32.1. The van der Waals surface area contributed by atoms with E-state index in [9.17, 15) is 0 Å². The van der Waals surface area contributed by atoms with Crippen molar-refractivity contribution in [2.45, 2.75) is 0 Å². The number of rotatable bonds is 15. The Morgan fingerprint density at radius 2 is 0.353 bits per heavy atom. The van der Waals surface area contributed by atoms with E-state index in [2.05, 4.69) is 363 Å². The Labute approximate surface area is 865 Å². The summed E-state index contributed by atoms with van der Waals surface area (Å²) in [7, 11) is 0. The molecule has 0 fully saturated rings. The third kappa shape index (κ3) is 15.6. The van der Waals surface area contributed by atoms with E-state index >= 15 is 0 Å². The van der Waals surface area contributed by atoms with E-state index in [0.29, 0.717) is 52.4 Å². The molecule has 0 radical (unpaired) electrons. The molecule has 0 spiro atoms. The van der Waals surface area contributed by atoms with Crippen molar-refractivity contribution in [3.63, 3.8) is 0 Å². The first-order valence-electron chi connectivity index (χ1n) is 50.3. The molecule has 0 aliphatic rings. The van der Waals surface area contributed by atoms with Crippen LogP contribution < -0.4 is 0 Å². The minimum atomic E-state index is 0.633. The zero-order valence-corrected chi connectivity index (χ0v) is 81.6. The van der Waals surface area contributed by atoms with E-state index < -0.39 is 0 Å².